The molecular weight excluding hydrogens is 177 g/mol. The fourth-order valence-electron chi connectivity index (χ4n) is 2.01. The van der Waals surface area contributed by atoms with Crippen molar-refractivity contribution in [2.24, 2.45) is 0 Å². The molecule has 2 heteroatoms. The van der Waals surface area contributed by atoms with E-state index < -0.39 is 0 Å². The van der Waals surface area contributed by atoms with Gasteiger partial charge in [-0.05, 0) is 50.0 Å². The monoisotopic (exact) mass is 193 g/mol. The molecule has 0 aromatic heterocycles. The van der Waals surface area contributed by atoms with Crippen molar-refractivity contribution < 1.29 is 4.39 Å². The molecule has 0 unspecified atom stereocenters. The van der Waals surface area contributed by atoms with Crippen molar-refractivity contribution in [3.63, 3.8) is 0 Å². The molecule has 76 valence electrons. The molecule has 1 nitrogen and oxygen atoms in total. The van der Waals surface area contributed by atoms with Crippen LogP contribution in [-0.2, 0) is 6.54 Å². The SMILES string of the molecule is Cc1c(F)cccc1CN1CCCC1. The molecular formula is C12H16FN. The van der Waals surface area contributed by atoms with Crippen molar-refractivity contribution in [3.05, 3.63) is 35.1 Å². The second kappa shape index (κ2) is 4.09. The van der Waals surface area contributed by atoms with E-state index in [1.807, 2.05) is 13.0 Å². The van der Waals surface area contributed by atoms with Gasteiger partial charge in [0.15, 0.2) is 0 Å². The number of likely N-dealkylation sites (tertiary alicyclic amines) is 1. The van der Waals surface area contributed by atoms with E-state index in [4.69, 9.17) is 0 Å². The first-order chi connectivity index (χ1) is 6.77. The highest BCUT2D eigenvalue weighted by Crippen LogP contribution is 2.17. The third-order valence-corrected chi connectivity index (χ3v) is 2.97. The highest BCUT2D eigenvalue weighted by Gasteiger charge is 2.13. The summed E-state index contributed by atoms with van der Waals surface area (Å²) in [5.41, 5.74) is 1.94. The molecule has 0 radical (unpaired) electrons. The minimum atomic E-state index is -0.0818. The normalized spacial score (nSPS) is 17.6. The molecule has 0 amide bonds. The maximum atomic E-state index is 13.2. The maximum absolute atomic E-state index is 13.2. The van der Waals surface area contributed by atoms with Gasteiger partial charge in [-0.25, -0.2) is 4.39 Å². The van der Waals surface area contributed by atoms with Gasteiger partial charge in [0.1, 0.15) is 5.82 Å². The lowest BCUT2D eigenvalue weighted by Crippen LogP contribution is -2.19. The molecule has 1 aliphatic heterocycles. The average molecular weight is 193 g/mol. The Balaban J connectivity index is 2.11. The summed E-state index contributed by atoms with van der Waals surface area (Å²) >= 11 is 0. The Morgan fingerprint density at radius 2 is 2.00 bits per heavy atom. The van der Waals surface area contributed by atoms with E-state index >= 15 is 0 Å². The molecule has 1 aliphatic rings. The van der Waals surface area contributed by atoms with E-state index in [1.54, 1.807) is 6.07 Å². The minimum Gasteiger partial charge on any atom is -0.299 e. The van der Waals surface area contributed by atoms with E-state index in [-0.39, 0.29) is 5.82 Å². The van der Waals surface area contributed by atoms with Crippen LogP contribution in [0.1, 0.15) is 24.0 Å². The summed E-state index contributed by atoms with van der Waals surface area (Å²) in [4.78, 5) is 2.39. The largest absolute Gasteiger partial charge is 0.299 e. The predicted octanol–water partition coefficient (Wildman–Crippen LogP) is 2.73. The van der Waals surface area contributed by atoms with Crippen LogP contribution in [0.3, 0.4) is 0 Å². The lowest BCUT2D eigenvalue weighted by molar-refractivity contribution is 0.330. The molecule has 0 spiro atoms. The molecule has 0 atom stereocenters. The third-order valence-electron chi connectivity index (χ3n) is 2.97. The van der Waals surface area contributed by atoms with Crippen LogP contribution in [0.4, 0.5) is 4.39 Å². The van der Waals surface area contributed by atoms with Crippen LogP contribution in [-0.4, -0.2) is 18.0 Å². The second-order valence-corrected chi connectivity index (χ2v) is 4.01. The maximum Gasteiger partial charge on any atom is 0.126 e. The smallest absolute Gasteiger partial charge is 0.126 e. The highest BCUT2D eigenvalue weighted by molar-refractivity contribution is 5.27. The first-order valence-electron chi connectivity index (χ1n) is 5.24. The van der Waals surface area contributed by atoms with Gasteiger partial charge in [0, 0.05) is 6.54 Å². The average Bonchev–Trinajstić information content (AvgIpc) is 2.66. The third kappa shape index (κ3) is 1.95. The van der Waals surface area contributed by atoms with Gasteiger partial charge in [0.2, 0.25) is 0 Å². The van der Waals surface area contributed by atoms with Crippen molar-refractivity contribution in [2.45, 2.75) is 26.3 Å². The lowest BCUT2D eigenvalue weighted by atomic mass is 10.1. The molecule has 14 heavy (non-hydrogen) atoms. The zero-order valence-corrected chi connectivity index (χ0v) is 8.59. The minimum absolute atomic E-state index is 0.0818. The molecule has 0 N–H and O–H groups in total. The van der Waals surface area contributed by atoms with E-state index in [1.165, 1.54) is 18.9 Å². The fraction of sp³-hybridized carbons (Fsp3) is 0.500. The van der Waals surface area contributed by atoms with E-state index in [0.29, 0.717) is 0 Å². The first-order valence-corrected chi connectivity index (χ1v) is 5.24. The molecule has 2 rings (SSSR count). The summed E-state index contributed by atoms with van der Waals surface area (Å²) in [5.74, 6) is -0.0818. The van der Waals surface area contributed by atoms with Crippen LogP contribution in [0.25, 0.3) is 0 Å². The molecule has 0 bridgehead atoms. The molecule has 1 aromatic carbocycles. The lowest BCUT2D eigenvalue weighted by Gasteiger charge is -2.16. The van der Waals surface area contributed by atoms with Crippen molar-refractivity contribution in [2.75, 3.05) is 13.1 Å². The second-order valence-electron chi connectivity index (χ2n) is 4.01. The molecule has 1 heterocycles. The summed E-state index contributed by atoms with van der Waals surface area (Å²) in [7, 11) is 0. The number of halogens is 1. The fourth-order valence-corrected chi connectivity index (χ4v) is 2.01. The van der Waals surface area contributed by atoms with Crippen LogP contribution in [0.2, 0.25) is 0 Å². The first kappa shape index (κ1) is 9.66. The molecule has 1 aromatic rings. The molecule has 0 saturated carbocycles. The molecule has 1 fully saturated rings. The van der Waals surface area contributed by atoms with Crippen LogP contribution >= 0.6 is 0 Å². The highest BCUT2D eigenvalue weighted by atomic mass is 19.1. The quantitative estimate of drug-likeness (QED) is 0.698. The summed E-state index contributed by atoms with van der Waals surface area (Å²) in [5, 5.41) is 0. The Hall–Kier alpha value is -0.890. The standard InChI is InChI=1S/C12H16FN/c1-10-11(5-4-6-12(10)13)9-14-7-2-3-8-14/h4-6H,2-3,7-9H2,1H3. The number of nitrogens with zero attached hydrogens (tertiary/aromatic N) is 1. The predicted molar refractivity (Wildman–Crippen MR) is 55.6 cm³/mol. The number of rotatable bonds is 2. The van der Waals surface area contributed by atoms with Gasteiger partial charge < -0.3 is 0 Å². The van der Waals surface area contributed by atoms with Crippen molar-refractivity contribution in [3.8, 4) is 0 Å². The number of benzene rings is 1. The Bertz CT molecular complexity index is 316. The van der Waals surface area contributed by atoms with Gasteiger partial charge in [0.25, 0.3) is 0 Å². The van der Waals surface area contributed by atoms with Gasteiger partial charge in [-0.3, -0.25) is 4.90 Å². The summed E-state index contributed by atoms with van der Waals surface area (Å²) in [6.07, 6.45) is 2.57. The van der Waals surface area contributed by atoms with Crippen molar-refractivity contribution >= 4 is 0 Å². The van der Waals surface area contributed by atoms with E-state index in [2.05, 4.69) is 4.90 Å². The van der Waals surface area contributed by atoms with Gasteiger partial charge in [-0.1, -0.05) is 12.1 Å². The van der Waals surface area contributed by atoms with Crippen LogP contribution in [0.5, 0.6) is 0 Å². The van der Waals surface area contributed by atoms with Crippen LogP contribution in [0.15, 0.2) is 18.2 Å². The zero-order valence-electron chi connectivity index (χ0n) is 8.59. The summed E-state index contributed by atoms with van der Waals surface area (Å²) in [6, 6.07) is 5.35. The zero-order chi connectivity index (χ0) is 9.97. The van der Waals surface area contributed by atoms with Gasteiger partial charge in [-0.15, -0.1) is 0 Å². The van der Waals surface area contributed by atoms with Crippen LogP contribution < -0.4 is 0 Å². The molecule has 1 saturated heterocycles. The Kier molecular flexibility index (Phi) is 2.82. The van der Waals surface area contributed by atoms with Crippen LogP contribution in [0, 0.1) is 12.7 Å². The van der Waals surface area contributed by atoms with Gasteiger partial charge >= 0.3 is 0 Å². The van der Waals surface area contributed by atoms with E-state index in [0.717, 1.165) is 30.8 Å². The Labute approximate surface area is 84.5 Å². The number of hydrogen-bond acceptors (Lipinski definition) is 1. The molecule has 0 aliphatic carbocycles. The summed E-state index contributed by atoms with van der Waals surface area (Å²) < 4.78 is 13.2. The Morgan fingerprint density at radius 1 is 1.29 bits per heavy atom. The van der Waals surface area contributed by atoms with Gasteiger partial charge in [-0.2, -0.15) is 0 Å². The van der Waals surface area contributed by atoms with Gasteiger partial charge in [0.05, 0.1) is 0 Å². The Morgan fingerprint density at radius 3 is 2.71 bits per heavy atom. The van der Waals surface area contributed by atoms with Crippen molar-refractivity contribution in [1.29, 1.82) is 0 Å². The summed E-state index contributed by atoms with van der Waals surface area (Å²) in [6.45, 7) is 5.09. The van der Waals surface area contributed by atoms with Crippen molar-refractivity contribution in [1.82, 2.24) is 4.90 Å². The topological polar surface area (TPSA) is 3.24 Å². The van der Waals surface area contributed by atoms with E-state index in [9.17, 15) is 4.39 Å². The number of hydrogen-bond donors (Lipinski definition) is 0.